The molecule has 0 spiro atoms. The number of phenols is 1. The SMILES string of the molecule is C=C1CN(C(=O)[C@@H](O)[C@H](Cc2ccccc2)NC(=O)c2cccc(O)c2C)C(C(=O)O)C1(C)C. The summed E-state index contributed by atoms with van der Waals surface area (Å²) in [6, 6.07) is 11.3. The minimum Gasteiger partial charge on any atom is -0.508 e. The summed E-state index contributed by atoms with van der Waals surface area (Å²) in [5.74, 6) is -2.61. The van der Waals surface area contributed by atoms with Gasteiger partial charge >= 0.3 is 5.97 Å². The Morgan fingerprint density at radius 1 is 1.15 bits per heavy atom. The van der Waals surface area contributed by atoms with Crippen LogP contribution in [0.3, 0.4) is 0 Å². The predicted molar refractivity (Wildman–Crippen MR) is 126 cm³/mol. The number of carbonyl (C=O) groups excluding carboxylic acids is 2. The summed E-state index contributed by atoms with van der Waals surface area (Å²) in [7, 11) is 0. The summed E-state index contributed by atoms with van der Waals surface area (Å²) >= 11 is 0. The Balaban J connectivity index is 1.91. The molecular formula is C26H30N2O6. The van der Waals surface area contributed by atoms with Crippen molar-refractivity contribution in [3.05, 3.63) is 77.4 Å². The molecule has 0 aromatic heterocycles. The van der Waals surface area contributed by atoms with Crippen molar-refractivity contribution in [1.29, 1.82) is 0 Å². The van der Waals surface area contributed by atoms with Gasteiger partial charge in [-0.25, -0.2) is 4.79 Å². The molecule has 8 heteroatoms. The quantitative estimate of drug-likeness (QED) is 0.464. The molecule has 4 N–H and O–H groups in total. The van der Waals surface area contributed by atoms with Crippen LogP contribution >= 0.6 is 0 Å². The number of carbonyl (C=O) groups is 3. The van der Waals surface area contributed by atoms with Gasteiger partial charge in [-0.2, -0.15) is 0 Å². The second-order valence-corrected chi connectivity index (χ2v) is 9.20. The number of aliphatic hydroxyl groups is 1. The highest BCUT2D eigenvalue weighted by Crippen LogP contribution is 2.40. The fourth-order valence-corrected chi connectivity index (χ4v) is 4.30. The maximum Gasteiger partial charge on any atom is 0.327 e. The maximum atomic E-state index is 13.3. The smallest absolute Gasteiger partial charge is 0.327 e. The first kappa shape index (κ1) is 25.0. The van der Waals surface area contributed by atoms with Gasteiger partial charge in [0, 0.05) is 23.1 Å². The lowest BCUT2D eigenvalue weighted by Gasteiger charge is -2.32. The van der Waals surface area contributed by atoms with Crippen LogP contribution < -0.4 is 5.32 Å². The van der Waals surface area contributed by atoms with Crippen molar-refractivity contribution in [3.8, 4) is 5.75 Å². The monoisotopic (exact) mass is 466 g/mol. The number of aliphatic hydroxyl groups excluding tert-OH is 1. The molecule has 1 aliphatic rings. The van der Waals surface area contributed by atoms with Crippen molar-refractivity contribution in [3.63, 3.8) is 0 Å². The lowest BCUT2D eigenvalue weighted by atomic mass is 9.81. The zero-order chi connectivity index (χ0) is 25.2. The van der Waals surface area contributed by atoms with Gasteiger partial charge in [0.05, 0.1) is 6.04 Å². The molecule has 1 saturated heterocycles. The van der Waals surface area contributed by atoms with Crippen molar-refractivity contribution in [1.82, 2.24) is 10.2 Å². The molecule has 3 rings (SSSR count). The van der Waals surface area contributed by atoms with E-state index in [1.54, 1.807) is 45.0 Å². The van der Waals surface area contributed by atoms with Gasteiger partial charge in [0.25, 0.3) is 11.8 Å². The largest absolute Gasteiger partial charge is 0.508 e. The number of benzene rings is 2. The van der Waals surface area contributed by atoms with E-state index in [-0.39, 0.29) is 24.3 Å². The summed E-state index contributed by atoms with van der Waals surface area (Å²) in [5.41, 5.74) is 1.03. The lowest BCUT2D eigenvalue weighted by Crippen LogP contribution is -2.56. The van der Waals surface area contributed by atoms with E-state index in [0.717, 1.165) is 10.5 Å². The number of aromatic hydroxyl groups is 1. The zero-order valence-electron chi connectivity index (χ0n) is 19.5. The predicted octanol–water partition coefficient (Wildman–Crippen LogP) is 2.28. The molecule has 180 valence electrons. The van der Waals surface area contributed by atoms with Gasteiger partial charge in [-0.3, -0.25) is 9.59 Å². The molecule has 3 atom stereocenters. The third kappa shape index (κ3) is 4.82. The Morgan fingerprint density at radius 2 is 1.79 bits per heavy atom. The number of carboxylic acids is 1. The van der Waals surface area contributed by atoms with E-state index in [4.69, 9.17) is 0 Å². The first-order valence-electron chi connectivity index (χ1n) is 11.0. The van der Waals surface area contributed by atoms with E-state index in [1.165, 1.54) is 18.2 Å². The van der Waals surface area contributed by atoms with Gasteiger partial charge in [-0.1, -0.05) is 56.8 Å². The summed E-state index contributed by atoms with van der Waals surface area (Å²) in [6.45, 7) is 8.90. The van der Waals surface area contributed by atoms with E-state index < -0.39 is 41.4 Å². The van der Waals surface area contributed by atoms with Crippen LogP contribution in [0.1, 0.15) is 35.3 Å². The standard InChI is InChI=1S/C26H30N2O6/c1-15-14-28(22(25(33)34)26(15,3)4)24(32)21(30)19(13-17-9-6-5-7-10-17)27-23(31)18-11-8-12-20(29)16(18)2/h5-12,19,21-22,29-30H,1,13-14H2,2-4H3,(H,27,31)(H,33,34)/t19-,21-,22?/m0/s1. The fourth-order valence-electron chi connectivity index (χ4n) is 4.30. The van der Waals surface area contributed by atoms with Crippen LogP contribution in [-0.4, -0.2) is 62.7 Å². The molecular weight excluding hydrogens is 436 g/mol. The number of hydrogen-bond donors (Lipinski definition) is 4. The van der Waals surface area contributed by atoms with E-state index in [2.05, 4.69) is 11.9 Å². The van der Waals surface area contributed by atoms with Crippen molar-refractivity contribution >= 4 is 17.8 Å². The van der Waals surface area contributed by atoms with Gasteiger partial charge in [0.1, 0.15) is 11.8 Å². The van der Waals surface area contributed by atoms with Gasteiger partial charge in [0.15, 0.2) is 6.10 Å². The van der Waals surface area contributed by atoms with E-state index in [1.807, 2.05) is 6.07 Å². The Kier molecular flexibility index (Phi) is 7.12. The highest BCUT2D eigenvalue weighted by molar-refractivity contribution is 5.97. The number of aliphatic carboxylic acids is 1. The molecule has 1 fully saturated rings. The summed E-state index contributed by atoms with van der Waals surface area (Å²) < 4.78 is 0. The van der Waals surface area contributed by atoms with Crippen molar-refractivity contribution in [2.45, 2.75) is 45.4 Å². The Morgan fingerprint density at radius 3 is 2.41 bits per heavy atom. The van der Waals surface area contributed by atoms with Crippen molar-refractivity contribution in [2.24, 2.45) is 5.41 Å². The second kappa shape index (κ2) is 9.69. The van der Waals surface area contributed by atoms with Crippen LogP contribution in [0.4, 0.5) is 0 Å². The first-order valence-corrected chi connectivity index (χ1v) is 11.0. The van der Waals surface area contributed by atoms with Crippen LogP contribution in [-0.2, 0) is 16.0 Å². The zero-order valence-corrected chi connectivity index (χ0v) is 19.5. The molecule has 1 aliphatic heterocycles. The fraction of sp³-hybridized carbons (Fsp3) is 0.346. The molecule has 0 bridgehead atoms. The summed E-state index contributed by atoms with van der Waals surface area (Å²) in [4.78, 5) is 39.5. The maximum absolute atomic E-state index is 13.3. The minimum atomic E-state index is -1.70. The molecule has 2 aromatic carbocycles. The van der Waals surface area contributed by atoms with Gasteiger partial charge in [0.2, 0.25) is 0 Å². The number of rotatable bonds is 7. The average molecular weight is 467 g/mol. The molecule has 34 heavy (non-hydrogen) atoms. The molecule has 2 amide bonds. The van der Waals surface area contributed by atoms with Crippen LogP contribution in [0, 0.1) is 12.3 Å². The summed E-state index contributed by atoms with van der Waals surface area (Å²) in [5, 5.41) is 33.6. The highest BCUT2D eigenvalue weighted by atomic mass is 16.4. The first-order chi connectivity index (χ1) is 15.9. The molecule has 2 aromatic rings. The number of nitrogens with zero attached hydrogens (tertiary/aromatic N) is 1. The van der Waals surface area contributed by atoms with Crippen LogP contribution in [0.15, 0.2) is 60.7 Å². The van der Waals surface area contributed by atoms with Crippen molar-refractivity contribution < 1.29 is 29.7 Å². The highest BCUT2D eigenvalue weighted by Gasteiger charge is 2.51. The normalized spacial score (nSPS) is 18.9. The number of likely N-dealkylation sites (tertiary alicyclic amines) is 1. The number of phenolic OH excluding ortho intramolecular Hbond substituents is 1. The molecule has 1 unspecified atom stereocenters. The third-order valence-electron chi connectivity index (χ3n) is 6.58. The number of carboxylic acid groups (broad SMARTS) is 1. The average Bonchev–Trinajstić information content (AvgIpc) is 3.03. The van der Waals surface area contributed by atoms with Gasteiger partial charge < -0.3 is 25.5 Å². The molecule has 8 nitrogen and oxygen atoms in total. The second-order valence-electron chi connectivity index (χ2n) is 9.20. The Labute approximate surface area is 198 Å². The lowest BCUT2D eigenvalue weighted by molar-refractivity contribution is -0.155. The third-order valence-corrected chi connectivity index (χ3v) is 6.58. The van der Waals surface area contributed by atoms with Crippen LogP contribution in [0.25, 0.3) is 0 Å². The van der Waals surface area contributed by atoms with Crippen LogP contribution in [0.2, 0.25) is 0 Å². The van der Waals surface area contributed by atoms with Gasteiger partial charge in [-0.05, 0) is 36.6 Å². The Hall–Kier alpha value is -3.65. The number of amides is 2. The van der Waals surface area contributed by atoms with E-state index in [9.17, 15) is 29.7 Å². The molecule has 0 saturated carbocycles. The topological polar surface area (TPSA) is 127 Å². The molecule has 0 radical (unpaired) electrons. The number of nitrogens with one attached hydrogen (secondary N) is 1. The number of hydrogen-bond acceptors (Lipinski definition) is 5. The minimum absolute atomic E-state index is 0.00245. The Bertz CT molecular complexity index is 1110. The van der Waals surface area contributed by atoms with E-state index in [0.29, 0.717) is 11.1 Å². The van der Waals surface area contributed by atoms with Gasteiger partial charge in [-0.15, -0.1) is 0 Å². The molecule has 1 heterocycles. The summed E-state index contributed by atoms with van der Waals surface area (Å²) in [6.07, 6.45) is -1.57. The van der Waals surface area contributed by atoms with E-state index >= 15 is 0 Å². The van der Waals surface area contributed by atoms with Crippen molar-refractivity contribution in [2.75, 3.05) is 6.54 Å². The van der Waals surface area contributed by atoms with Crippen LogP contribution in [0.5, 0.6) is 5.75 Å². The molecule has 0 aliphatic carbocycles.